The smallest absolute Gasteiger partial charge is 0.178 e. The topological polar surface area (TPSA) is 42.9 Å². The molecule has 2 rings (SSSR count). The van der Waals surface area contributed by atoms with Crippen LogP contribution in [0.5, 0.6) is 0 Å². The van der Waals surface area contributed by atoms with E-state index < -0.39 is 0 Å². The summed E-state index contributed by atoms with van der Waals surface area (Å²) >= 11 is 1.39. The molecule has 4 heteroatoms. The maximum Gasteiger partial charge on any atom is 0.178 e. The molecule has 0 radical (unpaired) electrons. The summed E-state index contributed by atoms with van der Waals surface area (Å²) in [4.78, 5) is 19.9. The van der Waals surface area contributed by atoms with Gasteiger partial charge in [0.2, 0.25) is 0 Å². The molecule has 3 nitrogen and oxygen atoms in total. The fourth-order valence-corrected chi connectivity index (χ4v) is 1.95. The van der Waals surface area contributed by atoms with Crippen molar-refractivity contribution in [3.8, 4) is 11.4 Å². The van der Waals surface area contributed by atoms with Gasteiger partial charge in [0.05, 0.1) is 5.69 Å². The highest BCUT2D eigenvalue weighted by Crippen LogP contribution is 2.24. The number of carbonyl (C=O) groups excluding carboxylic acids is 1. The Hall–Kier alpha value is -1.55. The number of thiazole rings is 1. The summed E-state index contributed by atoms with van der Waals surface area (Å²) in [7, 11) is 0. The average Bonchev–Trinajstić information content (AvgIpc) is 2.61. The van der Waals surface area contributed by atoms with Crippen molar-refractivity contribution in [1.29, 1.82) is 0 Å². The Balaban J connectivity index is 2.51. The molecule has 0 aliphatic heterocycles. The van der Waals surface area contributed by atoms with Gasteiger partial charge < -0.3 is 0 Å². The number of hydrogen-bond acceptors (Lipinski definition) is 4. The highest BCUT2D eigenvalue weighted by atomic mass is 32.1. The first-order valence-corrected chi connectivity index (χ1v) is 4.97. The van der Waals surface area contributed by atoms with Crippen molar-refractivity contribution < 1.29 is 4.79 Å². The molecule has 0 saturated carbocycles. The standard InChI is InChI=1S/C10H8N2OS/c1-7-10(12-9(6-13)14-7)8-4-2-3-5-11-8/h2-6H,1H3. The summed E-state index contributed by atoms with van der Waals surface area (Å²) in [6.07, 6.45) is 2.48. The number of rotatable bonds is 2. The zero-order chi connectivity index (χ0) is 9.97. The van der Waals surface area contributed by atoms with E-state index >= 15 is 0 Å². The Bertz CT molecular complexity index is 450. The van der Waals surface area contributed by atoms with Crippen LogP contribution in [-0.4, -0.2) is 16.3 Å². The summed E-state index contributed by atoms with van der Waals surface area (Å²) in [6, 6.07) is 5.64. The largest absolute Gasteiger partial charge is 0.295 e. The monoisotopic (exact) mass is 204 g/mol. The van der Waals surface area contributed by atoms with Gasteiger partial charge in [0.15, 0.2) is 11.3 Å². The number of carbonyl (C=O) groups is 1. The first-order chi connectivity index (χ1) is 6.81. The summed E-state index contributed by atoms with van der Waals surface area (Å²) in [5, 5.41) is 0.503. The molecule has 2 aromatic heterocycles. The fourth-order valence-electron chi connectivity index (χ4n) is 1.21. The Morgan fingerprint density at radius 2 is 2.29 bits per heavy atom. The molecule has 0 aromatic carbocycles. The minimum absolute atomic E-state index is 0.503. The van der Waals surface area contributed by atoms with Gasteiger partial charge in [-0.3, -0.25) is 9.78 Å². The van der Waals surface area contributed by atoms with Crippen LogP contribution in [0.25, 0.3) is 11.4 Å². The van der Waals surface area contributed by atoms with Gasteiger partial charge in [-0.1, -0.05) is 6.07 Å². The lowest BCUT2D eigenvalue weighted by atomic mass is 10.2. The van der Waals surface area contributed by atoms with Gasteiger partial charge in [0, 0.05) is 11.1 Å². The predicted octanol–water partition coefficient (Wildman–Crippen LogP) is 2.33. The van der Waals surface area contributed by atoms with Crippen LogP contribution in [0.15, 0.2) is 24.4 Å². The van der Waals surface area contributed by atoms with Crippen LogP contribution in [0.4, 0.5) is 0 Å². The summed E-state index contributed by atoms with van der Waals surface area (Å²) in [5.41, 5.74) is 1.62. The highest BCUT2D eigenvalue weighted by molar-refractivity contribution is 7.13. The lowest BCUT2D eigenvalue weighted by Gasteiger charge is -1.94. The van der Waals surface area contributed by atoms with Crippen LogP contribution in [0.2, 0.25) is 0 Å². The third-order valence-electron chi connectivity index (χ3n) is 1.82. The first kappa shape index (κ1) is 9.02. The molecule has 0 saturated heterocycles. The zero-order valence-electron chi connectivity index (χ0n) is 7.60. The van der Waals surface area contributed by atoms with Gasteiger partial charge in [0.1, 0.15) is 5.69 Å². The molecule has 0 amide bonds. The molecule has 0 bridgehead atoms. The van der Waals surface area contributed by atoms with Crippen LogP contribution >= 0.6 is 11.3 Å². The molecule has 14 heavy (non-hydrogen) atoms. The van der Waals surface area contributed by atoms with Crippen LogP contribution in [-0.2, 0) is 0 Å². The molecule has 0 aliphatic carbocycles. The molecule has 0 unspecified atom stereocenters. The molecule has 2 aromatic rings. The van der Waals surface area contributed by atoms with Gasteiger partial charge in [0.25, 0.3) is 0 Å². The third kappa shape index (κ3) is 1.56. The minimum Gasteiger partial charge on any atom is -0.295 e. The van der Waals surface area contributed by atoms with E-state index in [9.17, 15) is 4.79 Å². The maximum absolute atomic E-state index is 10.5. The maximum atomic E-state index is 10.5. The van der Waals surface area contributed by atoms with E-state index in [4.69, 9.17) is 0 Å². The van der Waals surface area contributed by atoms with E-state index in [0.717, 1.165) is 22.6 Å². The summed E-state index contributed by atoms with van der Waals surface area (Å²) in [5.74, 6) is 0. The van der Waals surface area contributed by atoms with Crippen molar-refractivity contribution in [3.05, 3.63) is 34.3 Å². The number of aldehydes is 1. The summed E-state index contributed by atoms with van der Waals surface area (Å²) in [6.45, 7) is 1.94. The van der Waals surface area contributed by atoms with Crippen LogP contribution in [0.3, 0.4) is 0 Å². The highest BCUT2D eigenvalue weighted by Gasteiger charge is 2.09. The number of aryl methyl sites for hydroxylation is 1. The van der Waals surface area contributed by atoms with Gasteiger partial charge in [-0.2, -0.15) is 0 Å². The second kappa shape index (κ2) is 3.67. The third-order valence-corrected chi connectivity index (χ3v) is 2.72. The van der Waals surface area contributed by atoms with E-state index in [1.807, 2.05) is 25.1 Å². The van der Waals surface area contributed by atoms with E-state index in [1.54, 1.807) is 6.20 Å². The van der Waals surface area contributed by atoms with Crippen molar-refractivity contribution in [2.75, 3.05) is 0 Å². The molecule has 0 atom stereocenters. The van der Waals surface area contributed by atoms with E-state index in [1.165, 1.54) is 11.3 Å². The average molecular weight is 204 g/mol. The van der Waals surface area contributed by atoms with Crippen molar-refractivity contribution in [3.63, 3.8) is 0 Å². The predicted molar refractivity (Wildman–Crippen MR) is 55.5 cm³/mol. The number of nitrogens with zero attached hydrogens (tertiary/aromatic N) is 2. The number of pyridine rings is 1. The second-order valence-corrected chi connectivity index (χ2v) is 4.02. The Labute approximate surface area is 85.5 Å². The Morgan fingerprint density at radius 1 is 1.43 bits per heavy atom. The van der Waals surface area contributed by atoms with Crippen molar-refractivity contribution in [2.24, 2.45) is 0 Å². The summed E-state index contributed by atoms with van der Waals surface area (Å²) < 4.78 is 0. The number of aromatic nitrogens is 2. The van der Waals surface area contributed by atoms with Gasteiger partial charge in [-0.05, 0) is 19.1 Å². The molecule has 0 N–H and O–H groups in total. The lowest BCUT2D eigenvalue weighted by Crippen LogP contribution is -1.84. The Morgan fingerprint density at radius 3 is 2.86 bits per heavy atom. The minimum atomic E-state index is 0.503. The van der Waals surface area contributed by atoms with Crippen molar-refractivity contribution in [1.82, 2.24) is 9.97 Å². The lowest BCUT2D eigenvalue weighted by molar-refractivity contribution is 0.112. The second-order valence-electron chi connectivity index (χ2n) is 2.79. The molecular formula is C10H8N2OS. The van der Waals surface area contributed by atoms with Crippen LogP contribution < -0.4 is 0 Å². The quantitative estimate of drug-likeness (QED) is 0.705. The van der Waals surface area contributed by atoms with Crippen LogP contribution in [0.1, 0.15) is 14.7 Å². The molecule has 0 fully saturated rings. The SMILES string of the molecule is Cc1sc(C=O)nc1-c1ccccn1. The molecule has 2 heterocycles. The van der Waals surface area contributed by atoms with E-state index in [-0.39, 0.29) is 0 Å². The van der Waals surface area contributed by atoms with E-state index in [0.29, 0.717) is 5.01 Å². The molecule has 0 aliphatic rings. The van der Waals surface area contributed by atoms with Gasteiger partial charge in [-0.25, -0.2) is 4.98 Å². The van der Waals surface area contributed by atoms with Crippen LogP contribution in [0, 0.1) is 6.92 Å². The van der Waals surface area contributed by atoms with Crippen molar-refractivity contribution >= 4 is 17.6 Å². The van der Waals surface area contributed by atoms with Gasteiger partial charge in [-0.15, -0.1) is 11.3 Å². The molecular weight excluding hydrogens is 196 g/mol. The molecule has 0 spiro atoms. The first-order valence-electron chi connectivity index (χ1n) is 4.15. The van der Waals surface area contributed by atoms with Gasteiger partial charge >= 0.3 is 0 Å². The Kier molecular flexibility index (Phi) is 2.37. The van der Waals surface area contributed by atoms with Crippen molar-refractivity contribution in [2.45, 2.75) is 6.92 Å². The zero-order valence-corrected chi connectivity index (χ0v) is 8.41. The molecule has 70 valence electrons. The normalized spacial score (nSPS) is 10.1. The number of hydrogen-bond donors (Lipinski definition) is 0. The fraction of sp³-hybridized carbons (Fsp3) is 0.100. The van der Waals surface area contributed by atoms with E-state index in [2.05, 4.69) is 9.97 Å².